The lowest BCUT2D eigenvalue weighted by atomic mass is 10.3. The SMILES string of the molecule is C#CCn1c(C(F)(F)F)c(C#C[CH2])sc1=O. The standard InChI is InChI=1S/C10H5F3NOS/c1-3-5-7-8(10(11,12)13)14(6-4-2)9(15)16-7/h2H,1,6H2. The Labute approximate surface area is 93.7 Å². The lowest BCUT2D eigenvalue weighted by Gasteiger charge is -2.08. The molecule has 83 valence electrons. The molecule has 0 fully saturated rings. The third-order valence-electron chi connectivity index (χ3n) is 1.61. The summed E-state index contributed by atoms with van der Waals surface area (Å²) in [5.74, 6) is 6.23. The molecule has 1 rings (SSSR count). The fraction of sp³-hybridized carbons (Fsp3) is 0.200. The normalized spacial score (nSPS) is 10.4. The number of halogens is 3. The molecule has 0 spiro atoms. The van der Waals surface area contributed by atoms with E-state index in [1.165, 1.54) is 0 Å². The van der Waals surface area contributed by atoms with Gasteiger partial charge in [0.1, 0.15) is 4.88 Å². The molecule has 1 heterocycles. The van der Waals surface area contributed by atoms with Gasteiger partial charge in [0, 0.05) is 6.92 Å². The zero-order valence-electron chi connectivity index (χ0n) is 7.89. The number of hydrogen-bond donors (Lipinski definition) is 0. The summed E-state index contributed by atoms with van der Waals surface area (Å²) >= 11 is 0.411. The largest absolute Gasteiger partial charge is 0.433 e. The molecule has 6 heteroatoms. The molecule has 16 heavy (non-hydrogen) atoms. The molecule has 0 bridgehead atoms. The maximum atomic E-state index is 12.7. The highest BCUT2D eigenvalue weighted by Crippen LogP contribution is 2.32. The Morgan fingerprint density at radius 1 is 1.50 bits per heavy atom. The molecule has 1 aromatic heterocycles. The molecule has 1 radical (unpaired) electrons. The molecule has 0 saturated carbocycles. The van der Waals surface area contributed by atoms with E-state index < -0.39 is 23.3 Å². The van der Waals surface area contributed by atoms with Gasteiger partial charge in [0.05, 0.1) is 6.54 Å². The van der Waals surface area contributed by atoms with E-state index >= 15 is 0 Å². The second-order valence-electron chi connectivity index (χ2n) is 2.64. The molecule has 0 amide bonds. The smallest absolute Gasteiger partial charge is 0.282 e. The van der Waals surface area contributed by atoms with Crippen LogP contribution in [0.1, 0.15) is 10.6 Å². The molecule has 1 aromatic rings. The van der Waals surface area contributed by atoms with Gasteiger partial charge in [0.15, 0.2) is 5.69 Å². The lowest BCUT2D eigenvalue weighted by molar-refractivity contribution is -0.143. The molecule has 0 saturated heterocycles. The maximum absolute atomic E-state index is 12.7. The van der Waals surface area contributed by atoms with E-state index in [0.29, 0.717) is 15.9 Å². The molecular weight excluding hydrogens is 239 g/mol. The first-order valence-electron chi connectivity index (χ1n) is 3.94. The summed E-state index contributed by atoms with van der Waals surface area (Å²) in [7, 11) is 0. The quantitative estimate of drug-likeness (QED) is 0.690. The molecule has 0 N–H and O–H groups in total. The zero-order valence-corrected chi connectivity index (χ0v) is 8.71. The highest BCUT2D eigenvalue weighted by atomic mass is 32.1. The Balaban J connectivity index is 3.55. The number of aromatic nitrogens is 1. The number of hydrogen-bond acceptors (Lipinski definition) is 2. The summed E-state index contributed by atoms with van der Waals surface area (Å²) in [4.78, 5) is 10.1. The van der Waals surface area contributed by atoms with Gasteiger partial charge in [-0.05, 0) is 0 Å². The van der Waals surface area contributed by atoms with Crippen LogP contribution in [-0.4, -0.2) is 4.57 Å². The van der Waals surface area contributed by atoms with Crippen molar-refractivity contribution in [2.24, 2.45) is 0 Å². The van der Waals surface area contributed by atoms with Crippen molar-refractivity contribution in [3.63, 3.8) is 0 Å². The highest BCUT2D eigenvalue weighted by Gasteiger charge is 2.38. The van der Waals surface area contributed by atoms with Gasteiger partial charge in [-0.1, -0.05) is 29.1 Å². The van der Waals surface area contributed by atoms with Gasteiger partial charge < -0.3 is 0 Å². The summed E-state index contributed by atoms with van der Waals surface area (Å²) < 4.78 is 38.5. The third kappa shape index (κ3) is 2.29. The van der Waals surface area contributed by atoms with E-state index in [2.05, 4.69) is 18.8 Å². The van der Waals surface area contributed by atoms with Crippen LogP contribution in [0.25, 0.3) is 0 Å². The van der Waals surface area contributed by atoms with Crippen LogP contribution in [0.4, 0.5) is 13.2 Å². The minimum Gasteiger partial charge on any atom is -0.282 e. The molecule has 2 nitrogen and oxygen atoms in total. The van der Waals surface area contributed by atoms with Crippen LogP contribution in [0.5, 0.6) is 0 Å². The van der Waals surface area contributed by atoms with Gasteiger partial charge in [0.2, 0.25) is 0 Å². The number of rotatable bonds is 1. The van der Waals surface area contributed by atoms with Crippen LogP contribution < -0.4 is 4.87 Å². The Morgan fingerprint density at radius 3 is 2.56 bits per heavy atom. The predicted octanol–water partition coefficient (Wildman–Crippen LogP) is 1.75. The monoisotopic (exact) mass is 244 g/mol. The summed E-state index contributed by atoms with van der Waals surface area (Å²) in [5.41, 5.74) is -1.10. The molecule has 0 aliphatic heterocycles. The van der Waals surface area contributed by atoms with E-state index in [-0.39, 0.29) is 4.88 Å². The fourth-order valence-corrected chi connectivity index (χ4v) is 1.97. The second kappa shape index (κ2) is 4.46. The van der Waals surface area contributed by atoms with Crippen LogP contribution >= 0.6 is 11.3 Å². The Morgan fingerprint density at radius 2 is 2.12 bits per heavy atom. The average molecular weight is 244 g/mol. The third-order valence-corrected chi connectivity index (χ3v) is 2.51. The Bertz CT molecular complexity index is 548. The van der Waals surface area contributed by atoms with Crippen molar-refractivity contribution >= 4 is 11.3 Å². The van der Waals surface area contributed by atoms with E-state index in [1.54, 1.807) is 0 Å². The van der Waals surface area contributed by atoms with Crippen molar-refractivity contribution in [3.8, 4) is 24.2 Å². The average Bonchev–Trinajstić information content (AvgIpc) is 2.43. The van der Waals surface area contributed by atoms with Gasteiger partial charge in [-0.3, -0.25) is 9.36 Å². The van der Waals surface area contributed by atoms with Crippen molar-refractivity contribution in [2.75, 3.05) is 0 Å². The summed E-state index contributed by atoms with van der Waals surface area (Å²) in [6, 6.07) is 0. The lowest BCUT2D eigenvalue weighted by Crippen LogP contribution is -2.21. The van der Waals surface area contributed by atoms with Crippen molar-refractivity contribution in [3.05, 3.63) is 27.2 Å². The van der Waals surface area contributed by atoms with E-state index in [4.69, 9.17) is 6.42 Å². The van der Waals surface area contributed by atoms with E-state index in [1.807, 2.05) is 5.92 Å². The molecule has 0 atom stereocenters. The maximum Gasteiger partial charge on any atom is 0.433 e. The van der Waals surface area contributed by atoms with Crippen molar-refractivity contribution in [1.29, 1.82) is 0 Å². The molecule has 0 aliphatic rings. The van der Waals surface area contributed by atoms with Crippen LogP contribution in [0, 0.1) is 31.1 Å². The highest BCUT2D eigenvalue weighted by molar-refractivity contribution is 7.10. The minimum atomic E-state index is -4.66. The van der Waals surface area contributed by atoms with Crippen molar-refractivity contribution in [2.45, 2.75) is 12.7 Å². The number of thiazole rings is 1. The number of alkyl halides is 3. The minimum absolute atomic E-state index is 0.359. The summed E-state index contributed by atoms with van der Waals surface area (Å²) in [5, 5.41) is 0. The van der Waals surface area contributed by atoms with Gasteiger partial charge >= 0.3 is 11.0 Å². The molecule has 0 aliphatic carbocycles. The van der Waals surface area contributed by atoms with Crippen LogP contribution in [-0.2, 0) is 12.7 Å². The summed E-state index contributed by atoms with van der Waals surface area (Å²) in [6.07, 6.45) is 0.246. The Kier molecular flexibility index (Phi) is 3.46. The molecule has 0 aromatic carbocycles. The topological polar surface area (TPSA) is 22.0 Å². The molecule has 0 unspecified atom stereocenters. The second-order valence-corrected chi connectivity index (χ2v) is 3.60. The fourth-order valence-electron chi connectivity index (χ4n) is 1.09. The van der Waals surface area contributed by atoms with E-state index in [0.717, 1.165) is 0 Å². The van der Waals surface area contributed by atoms with E-state index in [9.17, 15) is 18.0 Å². The predicted molar refractivity (Wildman–Crippen MR) is 54.6 cm³/mol. The van der Waals surface area contributed by atoms with Crippen LogP contribution in [0.15, 0.2) is 4.79 Å². The number of terminal acetylenes is 1. The Hall–Kier alpha value is -1.66. The van der Waals surface area contributed by atoms with Crippen LogP contribution in [0.2, 0.25) is 0 Å². The number of nitrogens with zero attached hydrogens (tertiary/aromatic N) is 1. The van der Waals surface area contributed by atoms with Gasteiger partial charge in [-0.15, -0.1) is 6.42 Å². The van der Waals surface area contributed by atoms with Crippen molar-refractivity contribution in [1.82, 2.24) is 4.57 Å². The van der Waals surface area contributed by atoms with Crippen LogP contribution in [0.3, 0.4) is 0 Å². The van der Waals surface area contributed by atoms with Gasteiger partial charge in [0.25, 0.3) is 0 Å². The first-order valence-corrected chi connectivity index (χ1v) is 4.76. The zero-order chi connectivity index (χ0) is 12.3. The molecular formula is C10H5F3NOS. The van der Waals surface area contributed by atoms with Gasteiger partial charge in [-0.25, -0.2) is 0 Å². The first kappa shape index (κ1) is 12.4. The van der Waals surface area contributed by atoms with Gasteiger partial charge in [-0.2, -0.15) is 13.2 Å². The summed E-state index contributed by atoms with van der Waals surface area (Å²) in [6.45, 7) is 2.69. The first-order chi connectivity index (χ1) is 7.41. The van der Waals surface area contributed by atoms with Crippen molar-refractivity contribution < 1.29 is 13.2 Å².